The van der Waals surface area contributed by atoms with E-state index in [9.17, 15) is 23.7 Å². The molecular formula is C17H10F2N4O4. The standard InChI is InChI=1S/C17H10F2N4O4/c18-11-4-7-13(14(19)9-11)16-21-22-17(27-16)20-15(24)8-3-10-1-5-12(6-2-10)23(25)26/h1-9H,(H,20,22,24). The highest BCUT2D eigenvalue weighted by molar-refractivity contribution is 6.00. The highest BCUT2D eigenvalue weighted by atomic mass is 19.1. The number of nitro benzene ring substituents is 1. The number of nitrogens with one attached hydrogen (secondary N) is 1. The lowest BCUT2D eigenvalue weighted by molar-refractivity contribution is -0.384. The summed E-state index contributed by atoms with van der Waals surface area (Å²) in [5, 5.41) is 20.0. The molecule has 27 heavy (non-hydrogen) atoms. The maximum atomic E-state index is 13.7. The van der Waals surface area contributed by atoms with Gasteiger partial charge in [0.2, 0.25) is 0 Å². The van der Waals surface area contributed by atoms with Crippen molar-refractivity contribution in [1.29, 1.82) is 0 Å². The van der Waals surface area contributed by atoms with Crippen molar-refractivity contribution < 1.29 is 22.9 Å². The van der Waals surface area contributed by atoms with E-state index in [0.29, 0.717) is 11.6 Å². The number of nitrogens with zero attached hydrogens (tertiary/aromatic N) is 3. The Morgan fingerprint density at radius 3 is 2.56 bits per heavy atom. The van der Waals surface area contributed by atoms with Gasteiger partial charge < -0.3 is 4.42 Å². The molecule has 0 bridgehead atoms. The fraction of sp³-hybridized carbons (Fsp3) is 0. The van der Waals surface area contributed by atoms with Crippen LogP contribution in [0.15, 0.2) is 53.0 Å². The molecule has 1 N–H and O–H groups in total. The minimum atomic E-state index is -0.880. The molecule has 10 heteroatoms. The Kier molecular flexibility index (Phi) is 4.97. The molecule has 0 aliphatic heterocycles. The third-order valence-corrected chi connectivity index (χ3v) is 3.35. The summed E-state index contributed by atoms with van der Waals surface area (Å²) in [7, 11) is 0. The number of halogens is 2. The van der Waals surface area contributed by atoms with Crippen LogP contribution in [-0.2, 0) is 4.79 Å². The average Bonchev–Trinajstić information content (AvgIpc) is 3.08. The second kappa shape index (κ2) is 7.52. The first-order valence-electron chi connectivity index (χ1n) is 7.45. The van der Waals surface area contributed by atoms with Gasteiger partial charge in [-0.1, -0.05) is 5.10 Å². The summed E-state index contributed by atoms with van der Waals surface area (Å²) in [5.41, 5.74) is 0.393. The van der Waals surface area contributed by atoms with Gasteiger partial charge in [-0.05, 0) is 35.9 Å². The molecule has 1 amide bonds. The molecule has 0 saturated carbocycles. The van der Waals surface area contributed by atoms with Crippen molar-refractivity contribution in [3.63, 3.8) is 0 Å². The van der Waals surface area contributed by atoms with Gasteiger partial charge in [0.15, 0.2) is 0 Å². The van der Waals surface area contributed by atoms with Crippen LogP contribution in [-0.4, -0.2) is 21.0 Å². The van der Waals surface area contributed by atoms with Gasteiger partial charge in [-0.25, -0.2) is 8.78 Å². The molecule has 0 atom stereocenters. The predicted octanol–water partition coefficient (Wildman–Crippen LogP) is 3.57. The van der Waals surface area contributed by atoms with E-state index >= 15 is 0 Å². The molecule has 0 aliphatic carbocycles. The Balaban J connectivity index is 1.66. The Labute approximate surface area is 150 Å². The molecule has 136 valence electrons. The molecule has 1 aromatic heterocycles. The molecule has 0 spiro atoms. The number of rotatable bonds is 5. The van der Waals surface area contributed by atoms with Crippen molar-refractivity contribution >= 4 is 23.7 Å². The van der Waals surface area contributed by atoms with E-state index in [4.69, 9.17) is 4.42 Å². The summed E-state index contributed by atoms with van der Waals surface area (Å²) in [6.45, 7) is 0. The lowest BCUT2D eigenvalue weighted by atomic mass is 10.2. The minimum Gasteiger partial charge on any atom is -0.403 e. The van der Waals surface area contributed by atoms with Crippen LogP contribution in [0.3, 0.4) is 0 Å². The van der Waals surface area contributed by atoms with Gasteiger partial charge in [-0.3, -0.25) is 20.2 Å². The fourth-order valence-corrected chi connectivity index (χ4v) is 2.07. The summed E-state index contributed by atoms with van der Waals surface area (Å²) >= 11 is 0. The number of hydrogen-bond donors (Lipinski definition) is 1. The van der Waals surface area contributed by atoms with Gasteiger partial charge in [-0.15, -0.1) is 5.10 Å². The Bertz CT molecular complexity index is 1030. The van der Waals surface area contributed by atoms with Crippen LogP contribution in [0.25, 0.3) is 17.5 Å². The number of benzene rings is 2. The highest BCUT2D eigenvalue weighted by Gasteiger charge is 2.14. The summed E-state index contributed by atoms with van der Waals surface area (Å²) in [4.78, 5) is 21.9. The predicted molar refractivity (Wildman–Crippen MR) is 90.4 cm³/mol. The van der Waals surface area contributed by atoms with Gasteiger partial charge in [0, 0.05) is 24.3 Å². The van der Waals surface area contributed by atoms with E-state index in [1.807, 2.05) is 0 Å². The van der Waals surface area contributed by atoms with Crippen molar-refractivity contribution in [3.05, 3.63) is 75.9 Å². The largest absolute Gasteiger partial charge is 0.403 e. The molecule has 8 nitrogen and oxygen atoms in total. The number of non-ortho nitro benzene ring substituents is 1. The lowest BCUT2D eigenvalue weighted by Gasteiger charge is -1.97. The van der Waals surface area contributed by atoms with Crippen LogP contribution in [0.4, 0.5) is 20.5 Å². The third kappa shape index (κ3) is 4.37. The minimum absolute atomic E-state index is 0.0667. The first-order chi connectivity index (χ1) is 12.9. The normalized spacial score (nSPS) is 10.9. The van der Waals surface area contributed by atoms with Crippen LogP contribution in [0, 0.1) is 21.7 Å². The molecule has 0 fully saturated rings. The topological polar surface area (TPSA) is 111 Å². The maximum Gasteiger partial charge on any atom is 0.322 e. The lowest BCUT2D eigenvalue weighted by Crippen LogP contribution is -2.07. The van der Waals surface area contributed by atoms with E-state index in [1.54, 1.807) is 0 Å². The van der Waals surface area contributed by atoms with E-state index < -0.39 is 22.5 Å². The van der Waals surface area contributed by atoms with Crippen LogP contribution in [0.2, 0.25) is 0 Å². The summed E-state index contributed by atoms with van der Waals surface area (Å²) in [5.74, 6) is -2.46. The Hall–Kier alpha value is -3.95. The quantitative estimate of drug-likeness (QED) is 0.416. The van der Waals surface area contributed by atoms with Gasteiger partial charge in [-0.2, -0.15) is 0 Å². The van der Waals surface area contributed by atoms with E-state index in [1.165, 1.54) is 30.3 Å². The number of anilines is 1. The molecule has 0 unspecified atom stereocenters. The monoisotopic (exact) mass is 372 g/mol. The second-order valence-electron chi connectivity index (χ2n) is 5.21. The number of nitro groups is 1. The number of aromatic nitrogens is 2. The molecule has 0 saturated heterocycles. The maximum absolute atomic E-state index is 13.7. The zero-order valence-electron chi connectivity index (χ0n) is 13.4. The van der Waals surface area contributed by atoms with Gasteiger partial charge in [0.25, 0.3) is 17.5 Å². The first-order valence-corrected chi connectivity index (χ1v) is 7.45. The SMILES string of the molecule is O=C(C=Cc1ccc([N+](=O)[O-])cc1)Nc1nnc(-c2ccc(F)cc2F)o1. The number of carbonyl (C=O) groups is 1. The molecule has 0 radical (unpaired) electrons. The van der Waals surface area contributed by atoms with Crippen molar-refractivity contribution in [2.45, 2.75) is 0 Å². The smallest absolute Gasteiger partial charge is 0.322 e. The summed E-state index contributed by atoms with van der Waals surface area (Å²) < 4.78 is 31.7. The zero-order chi connectivity index (χ0) is 19.4. The average molecular weight is 372 g/mol. The first kappa shape index (κ1) is 17.9. The van der Waals surface area contributed by atoms with Crippen LogP contribution >= 0.6 is 0 Å². The van der Waals surface area contributed by atoms with Crippen molar-refractivity contribution in [3.8, 4) is 11.5 Å². The van der Waals surface area contributed by atoms with Gasteiger partial charge >= 0.3 is 6.01 Å². The van der Waals surface area contributed by atoms with Crippen molar-refractivity contribution in [2.24, 2.45) is 0 Å². The van der Waals surface area contributed by atoms with Crippen molar-refractivity contribution in [2.75, 3.05) is 5.32 Å². The van der Waals surface area contributed by atoms with Gasteiger partial charge in [0.05, 0.1) is 10.5 Å². The molecular weight excluding hydrogens is 362 g/mol. The van der Waals surface area contributed by atoms with Crippen molar-refractivity contribution in [1.82, 2.24) is 10.2 Å². The molecule has 0 aliphatic rings. The second-order valence-corrected chi connectivity index (χ2v) is 5.21. The molecule has 3 rings (SSSR count). The van der Waals surface area contributed by atoms with E-state index in [2.05, 4.69) is 15.5 Å². The van der Waals surface area contributed by atoms with E-state index in [0.717, 1.165) is 18.2 Å². The number of carbonyl (C=O) groups excluding carboxylic acids is 1. The number of amides is 1. The van der Waals surface area contributed by atoms with Crippen LogP contribution in [0.5, 0.6) is 0 Å². The highest BCUT2D eigenvalue weighted by Crippen LogP contribution is 2.23. The third-order valence-electron chi connectivity index (χ3n) is 3.35. The summed E-state index contributed by atoms with van der Waals surface area (Å²) in [6, 6.07) is 8.13. The molecule has 2 aromatic carbocycles. The van der Waals surface area contributed by atoms with Crippen LogP contribution < -0.4 is 5.32 Å². The molecule has 3 aromatic rings. The molecule has 1 heterocycles. The van der Waals surface area contributed by atoms with E-state index in [-0.39, 0.29) is 23.2 Å². The summed E-state index contributed by atoms with van der Waals surface area (Å²) in [6.07, 6.45) is 2.58. The van der Waals surface area contributed by atoms with Crippen LogP contribution in [0.1, 0.15) is 5.56 Å². The Morgan fingerprint density at radius 2 is 1.89 bits per heavy atom. The fourth-order valence-electron chi connectivity index (χ4n) is 2.07. The van der Waals surface area contributed by atoms with Gasteiger partial charge in [0.1, 0.15) is 11.6 Å². The number of hydrogen-bond acceptors (Lipinski definition) is 6. The Morgan fingerprint density at radius 1 is 1.15 bits per heavy atom. The zero-order valence-corrected chi connectivity index (χ0v) is 13.4.